The third-order valence-corrected chi connectivity index (χ3v) is 4.61. The summed E-state index contributed by atoms with van der Waals surface area (Å²) < 4.78 is 18.5. The van der Waals surface area contributed by atoms with Crippen molar-refractivity contribution in [2.45, 2.75) is 19.4 Å². The molecule has 1 aliphatic rings. The van der Waals surface area contributed by atoms with Gasteiger partial charge in [0.25, 0.3) is 5.91 Å². The molecule has 1 amide bonds. The number of ether oxygens (including phenoxy) is 1. The first-order valence-corrected chi connectivity index (χ1v) is 8.29. The van der Waals surface area contributed by atoms with E-state index < -0.39 is 11.8 Å². The number of fused-ring (bicyclic) bond motifs is 1. The van der Waals surface area contributed by atoms with Crippen LogP contribution < -0.4 is 4.90 Å². The summed E-state index contributed by atoms with van der Waals surface area (Å²) in [5.74, 6) is -1.41. The van der Waals surface area contributed by atoms with E-state index in [4.69, 9.17) is 4.74 Å². The number of hydrogen-bond donors (Lipinski definition) is 0. The van der Waals surface area contributed by atoms with E-state index in [1.54, 1.807) is 4.90 Å². The van der Waals surface area contributed by atoms with Crippen molar-refractivity contribution in [3.8, 4) is 0 Å². The molecule has 0 spiro atoms. The molecule has 3 rings (SSSR count). The second-order valence-electron chi connectivity index (χ2n) is 5.65. The molecule has 124 valence electrons. The van der Waals surface area contributed by atoms with Crippen LogP contribution in [0.1, 0.15) is 22.8 Å². The lowest BCUT2D eigenvalue weighted by molar-refractivity contribution is -0.122. The number of nitrogens with zero attached hydrogens (tertiary/aromatic N) is 1. The molecule has 2 aromatic rings. The van der Waals surface area contributed by atoms with Crippen molar-refractivity contribution >= 4 is 33.5 Å². The van der Waals surface area contributed by atoms with Crippen LogP contribution in [0.2, 0.25) is 0 Å². The number of halogens is 2. The van der Waals surface area contributed by atoms with Gasteiger partial charge < -0.3 is 9.64 Å². The van der Waals surface area contributed by atoms with Crippen LogP contribution in [0.25, 0.3) is 0 Å². The number of carbonyl (C=O) groups is 2. The molecule has 4 nitrogen and oxygen atoms in total. The van der Waals surface area contributed by atoms with Gasteiger partial charge in [-0.2, -0.15) is 0 Å². The van der Waals surface area contributed by atoms with E-state index in [-0.39, 0.29) is 24.1 Å². The molecular formula is C18H15BrFNO3. The fourth-order valence-electron chi connectivity index (χ4n) is 2.88. The van der Waals surface area contributed by atoms with Gasteiger partial charge in [0.15, 0.2) is 6.61 Å². The van der Waals surface area contributed by atoms with Gasteiger partial charge in [-0.15, -0.1) is 0 Å². The lowest BCUT2D eigenvalue weighted by Crippen LogP contribution is -2.38. The predicted molar refractivity (Wildman–Crippen MR) is 91.5 cm³/mol. The topological polar surface area (TPSA) is 46.6 Å². The summed E-state index contributed by atoms with van der Waals surface area (Å²) in [5.41, 5.74) is 2.14. The molecule has 0 radical (unpaired) electrons. The average molecular weight is 392 g/mol. The predicted octanol–water partition coefficient (Wildman–Crippen LogP) is 3.72. The molecule has 6 heteroatoms. The second kappa shape index (κ2) is 6.73. The van der Waals surface area contributed by atoms with E-state index in [9.17, 15) is 14.0 Å². The van der Waals surface area contributed by atoms with E-state index in [1.165, 1.54) is 18.2 Å². The molecule has 0 aliphatic carbocycles. The van der Waals surface area contributed by atoms with Crippen LogP contribution >= 0.6 is 15.9 Å². The van der Waals surface area contributed by atoms with E-state index in [0.717, 1.165) is 17.7 Å². The van der Waals surface area contributed by atoms with Gasteiger partial charge in [0, 0.05) is 16.2 Å². The highest BCUT2D eigenvalue weighted by Crippen LogP contribution is 2.31. The van der Waals surface area contributed by atoms with Crippen LogP contribution in [-0.4, -0.2) is 24.5 Å². The van der Waals surface area contributed by atoms with Crippen LogP contribution in [-0.2, 0) is 16.0 Å². The second-order valence-corrected chi connectivity index (χ2v) is 6.50. The van der Waals surface area contributed by atoms with Crippen LogP contribution in [0.5, 0.6) is 0 Å². The van der Waals surface area contributed by atoms with Crippen molar-refractivity contribution in [1.29, 1.82) is 0 Å². The Labute approximate surface area is 147 Å². The Kier molecular flexibility index (Phi) is 4.66. The van der Waals surface area contributed by atoms with Gasteiger partial charge in [-0.1, -0.05) is 18.2 Å². The van der Waals surface area contributed by atoms with Gasteiger partial charge in [0.05, 0.1) is 5.56 Å². The molecule has 1 heterocycles. The van der Waals surface area contributed by atoms with E-state index in [0.29, 0.717) is 4.47 Å². The first kappa shape index (κ1) is 16.6. The Morgan fingerprint density at radius 3 is 2.79 bits per heavy atom. The van der Waals surface area contributed by atoms with Crippen molar-refractivity contribution in [2.75, 3.05) is 11.5 Å². The number of para-hydroxylation sites is 1. The molecular weight excluding hydrogens is 377 g/mol. The molecule has 1 atom stereocenters. The van der Waals surface area contributed by atoms with E-state index >= 15 is 0 Å². The van der Waals surface area contributed by atoms with Crippen molar-refractivity contribution in [3.05, 3.63) is 63.9 Å². The highest BCUT2D eigenvalue weighted by Gasteiger charge is 2.31. The SMILES string of the molecule is C[C@H]1Cc2ccccc2N1C(=O)COC(=O)c1ccc(F)cc1Br. The monoisotopic (exact) mass is 391 g/mol. The van der Waals surface area contributed by atoms with Gasteiger partial charge in [0.2, 0.25) is 0 Å². The Hall–Kier alpha value is -2.21. The first-order chi connectivity index (χ1) is 11.5. The summed E-state index contributed by atoms with van der Waals surface area (Å²) in [7, 11) is 0. The molecule has 0 unspecified atom stereocenters. The van der Waals surface area contributed by atoms with Crippen molar-refractivity contribution in [2.24, 2.45) is 0 Å². The normalized spacial score (nSPS) is 16.0. The smallest absolute Gasteiger partial charge is 0.339 e. The number of carbonyl (C=O) groups excluding carboxylic acids is 2. The first-order valence-electron chi connectivity index (χ1n) is 7.49. The number of hydrogen-bond acceptors (Lipinski definition) is 3. The minimum Gasteiger partial charge on any atom is -0.452 e. The quantitative estimate of drug-likeness (QED) is 0.749. The minimum atomic E-state index is -0.671. The lowest BCUT2D eigenvalue weighted by Gasteiger charge is -2.22. The maximum atomic E-state index is 13.1. The standard InChI is InChI=1S/C18H15BrFNO3/c1-11-8-12-4-2-3-5-16(12)21(11)17(22)10-24-18(23)14-7-6-13(20)9-15(14)19/h2-7,9,11H,8,10H2,1H3/t11-/m0/s1. The van der Waals surface area contributed by atoms with Gasteiger partial charge in [-0.05, 0) is 59.1 Å². The van der Waals surface area contributed by atoms with Crippen LogP contribution in [0.15, 0.2) is 46.9 Å². The Morgan fingerprint density at radius 2 is 2.04 bits per heavy atom. The molecule has 0 bridgehead atoms. The van der Waals surface area contributed by atoms with Gasteiger partial charge in [0.1, 0.15) is 5.82 Å². The largest absolute Gasteiger partial charge is 0.452 e. The summed E-state index contributed by atoms with van der Waals surface area (Å²) >= 11 is 3.12. The van der Waals surface area contributed by atoms with E-state index in [2.05, 4.69) is 15.9 Å². The van der Waals surface area contributed by atoms with E-state index in [1.807, 2.05) is 31.2 Å². The minimum absolute atomic E-state index is 0.0196. The summed E-state index contributed by atoms with van der Waals surface area (Å²) in [6.45, 7) is 1.59. The number of amides is 1. The maximum Gasteiger partial charge on any atom is 0.339 e. The molecule has 0 fully saturated rings. The van der Waals surface area contributed by atoms with Crippen molar-refractivity contribution in [1.82, 2.24) is 0 Å². The highest BCUT2D eigenvalue weighted by atomic mass is 79.9. The summed E-state index contributed by atoms with van der Waals surface area (Å²) in [6, 6.07) is 11.4. The maximum absolute atomic E-state index is 13.1. The molecule has 24 heavy (non-hydrogen) atoms. The molecule has 2 aromatic carbocycles. The summed E-state index contributed by atoms with van der Waals surface area (Å²) in [5, 5.41) is 0. The molecule has 0 saturated heterocycles. The fourth-order valence-corrected chi connectivity index (χ4v) is 3.39. The Morgan fingerprint density at radius 1 is 1.29 bits per heavy atom. The van der Waals surface area contributed by atoms with Crippen LogP contribution in [0.4, 0.5) is 10.1 Å². The fraction of sp³-hybridized carbons (Fsp3) is 0.222. The zero-order valence-corrected chi connectivity index (χ0v) is 14.5. The lowest BCUT2D eigenvalue weighted by atomic mass is 10.1. The van der Waals surface area contributed by atoms with Gasteiger partial charge in [-0.25, -0.2) is 9.18 Å². The number of rotatable bonds is 3. The third kappa shape index (κ3) is 3.19. The average Bonchev–Trinajstić information content (AvgIpc) is 2.88. The van der Waals surface area contributed by atoms with Crippen molar-refractivity contribution in [3.63, 3.8) is 0 Å². The summed E-state index contributed by atoms with van der Waals surface area (Å²) in [4.78, 5) is 26.2. The number of anilines is 1. The summed E-state index contributed by atoms with van der Waals surface area (Å²) in [6.07, 6.45) is 0.777. The molecule has 0 saturated carbocycles. The van der Waals surface area contributed by atoms with Gasteiger partial charge in [-0.3, -0.25) is 4.79 Å². The molecule has 0 N–H and O–H groups in total. The molecule has 1 aliphatic heterocycles. The zero-order chi connectivity index (χ0) is 17.3. The highest BCUT2D eigenvalue weighted by molar-refractivity contribution is 9.10. The number of esters is 1. The Balaban J connectivity index is 1.69. The van der Waals surface area contributed by atoms with Crippen LogP contribution in [0, 0.1) is 5.82 Å². The third-order valence-electron chi connectivity index (χ3n) is 3.95. The van der Waals surface area contributed by atoms with Crippen molar-refractivity contribution < 1.29 is 18.7 Å². The number of benzene rings is 2. The van der Waals surface area contributed by atoms with Gasteiger partial charge >= 0.3 is 5.97 Å². The molecule has 0 aromatic heterocycles. The van der Waals surface area contributed by atoms with Crippen LogP contribution in [0.3, 0.4) is 0 Å². The zero-order valence-electron chi connectivity index (χ0n) is 13.0. The Bertz CT molecular complexity index is 809.